The van der Waals surface area contributed by atoms with Crippen LogP contribution < -0.4 is 0 Å². The van der Waals surface area contributed by atoms with Crippen molar-refractivity contribution in [3.8, 4) is 44.9 Å². The van der Waals surface area contributed by atoms with Crippen molar-refractivity contribution in [3.63, 3.8) is 0 Å². The lowest BCUT2D eigenvalue weighted by Gasteiger charge is -2.14. The maximum Gasteiger partial charge on any atom is 0.0972 e. The van der Waals surface area contributed by atoms with Gasteiger partial charge in [0.15, 0.2) is 0 Å². The van der Waals surface area contributed by atoms with Crippen LogP contribution in [0.4, 0.5) is 0 Å². The van der Waals surface area contributed by atoms with Crippen LogP contribution in [0.2, 0.25) is 0 Å². The van der Waals surface area contributed by atoms with E-state index in [9.17, 15) is 0 Å². The molecule has 0 spiro atoms. The fourth-order valence-corrected chi connectivity index (χ4v) is 8.21. The van der Waals surface area contributed by atoms with Crippen molar-refractivity contribution >= 4 is 65.0 Å². The third-order valence-electron chi connectivity index (χ3n) is 10.8. The van der Waals surface area contributed by atoms with Crippen LogP contribution in [0.25, 0.3) is 110 Å². The SMILES string of the molecule is c1ccc(-c2ccc3ccc4ccc(-c5ccc(-c6ccc(-c7nc8ccccc8c8c7ccc7ccccc78)cc6)c6ccccc56)nc4c3n2)cc1. The molecule has 11 aromatic rings. The van der Waals surface area contributed by atoms with Gasteiger partial charge in [0.2, 0.25) is 0 Å². The first-order valence-corrected chi connectivity index (χ1v) is 18.4. The zero-order valence-corrected chi connectivity index (χ0v) is 29.2. The smallest absolute Gasteiger partial charge is 0.0972 e. The van der Waals surface area contributed by atoms with E-state index in [1.807, 2.05) is 6.07 Å². The molecule has 0 aliphatic rings. The first-order valence-electron chi connectivity index (χ1n) is 18.4. The van der Waals surface area contributed by atoms with Gasteiger partial charge in [0.05, 0.1) is 33.6 Å². The lowest BCUT2D eigenvalue weighted by atomic mass is 9.92. The van der Waals surface area contributed by atoms with Gasteiger partial charge < -0.3 is 0 Å². The third kappa shape index (κ3) is 4.87. The van der Waals surface area contributed by atoms with Crippen LogP contribution >= 0.6 is 0 Å². The molecule has 0 aliphatic heterocycles. The van der Waals surface area contributed by atoms with E-state index in [-0.39, 0.29) is 0 Å². The molecule has 0 atom stereocenters. The highest BCUT2D eigenvalue weighted by atomic mass is 14.8. The van der Waals surface area contributed by atoms with E-state index in [0.717, 1.165) is 77.4 Å². The minimum Gasteiger partial charge on any atom is -0.247 e. The molecule has 11 rings (SSSR count). The van der Waals surface area contributed by atoms with Crippen LogP contribution in [-0.4, -0.2) is 15.0 Å². The molecule has 0 saturated carbocycles. The Morgan fingerprint density at radius 1 is 0.278 bits per heavy atom. The summed E-state index contributed by atoms with van der Waals surface area (Å²) in [6, 6.07) is 66.7. The molecule has 0 saturated heterocycles. The Hall–Kier alpha value is -7.23. The van der Waals surface area contributed by atoms with Gasteiger partial charge in [0, 0.05) is 43.6 Å². The molecule has 3 aromatic heterocycles. The van der Waals surface area contributed by atoms with Crippen molar-refractivity contribution in [3.05, 3.63) is 188 Å². The summed E-state index contributed by atoms with van der Waals surface area (Å²) in [6.07, 6.45) is 0. The summed E-state index contributed by atoms with van der Waals surface area (Å²) in [5.41, 5.74) is 11.3. The van der Waals surface area contributed by atoms with E-state index in [4.69, 9.17) is 15.0 Å². The first-order chi connectivity index (χ1) is 26.8. The molecule has 250 valence electrons. The Morgan fingerprint density at radius 3 is 1.61 bits per heavy atom. The van der Waals surface area contributed by atoms with Crippen molar-refractivity contribution in [2.24, 2.45) is 0 Å². The molecular formula is C51H31N3. The minimum absolute atomic E-state index is 0.911. The number of fused-ring (bicyclic) bond motifs is 9. The van der Waals surface area contributed by atoms with Gasteiger partial charge in [0.1, 0.15) is 0 Å². The first kappa shape index (κ1) is 30.4. The maximum absolute atomic E-state index is 5.30. The average molecular weight is 686 g/mol. The van der Waals surface area contributed by atoms with Gasteiger partial charge in [-0.25, -0.2) is 15.0 Å². The van der Waals surface area contributed by atoms with Gasteiger partial charge in [0.25, 0.3) is 0 Å². The minimum atomic E-state index is 0.911. The molecule has 0 aliphatic carbocycles. The predicted molar refractivity (Wildman–Crippen MR) is 227 cm³/mol. The normalized spacial score (nSPS) is 11.7. The number of nitrogens with zero attached hydrogens (tertiary/aromatic N) is 3. The van der Waals surface area contributed by atoms with E-state index < -0.39 is 0 Å². The summed E-state index contributed by atoms with van der Waals surface area (Å²) in [5, 5.41) is 10.6. The molecule has 0 amide bonds. The lowest BCUT2D eigenvalue weighted by molar-refractivity contribution is 1.37. The summed E-state index contributed by atoms with van der Waals surface area (Å²) in [7, 11) is 0. The van der Waals surface area contributed by atoms with Crippen LogP contribution in [0, 0.1) is 0 Å². The zero-order chi connectivity index (χ0) is 35.6. The molecule has 0 radical (unpaired) electrons. The van der Waals surface area contributed by atoms with Crippen molar-refractivity contribution in [2.45, 2.75) is 0 Å². The van der Waals surface area contributed by atoms with Crippen LogP contribution in [0.3, 0.4) is 0 Å². The highest BCUT2D eigenvalue weighted by Gasteiger charge is 2.16. The predicted octanol–water partition coefficient (Wildman–Crippen LogP) is 13.5. The van der Waals surface area contributed by atoms with Crippen molar-refractivity contribution in [1.29, 1.82) is 0 Å². The van der Waals surface area contributed by atoms with Crippen molar-refractivity contribution < 1.29 is 0 Å². The van der Waals surface area contributed by atoms with Gasteiger partial charge in [-0.05, 0) is 50.9 Å². The number of aromatic nitrogens is 3. The van der Waals surface area contributed by atoms with Gasteiger partial charge >= 0.3 is 0 Å². The van der Waals surface area contributed by atoms with E-state index >= 15 is 0 Å². The van der Waals surface area contributed by atoms with Crippen LogP contribution in [0.1, 0.15) is 0 Å². The topological polar surface area (TPSA) is 38.7 Å². The second-order valence-corrected chi connectivity index (χ2v) is 13.9. The number of benzene rings is 8. The van der Waals surface area contributed by atoms with E-state index in [2.05, 4.69) is 182 Å². The van der Waals surface area contributed by atoms with Gasteiger partial charge in [-0.2, -0.15) is 0 Å². The summed E-state index contributed by atoms with van der Waals surface area (Å²) < 4.78 is 0. The quantitative estimate of drug-likeness (QED) is 0.173. The average Bonchev–Trinajstić information content (AvgIpc) is 3.25. The molecule has 0 fully saturated rings. The fourth-order valence-electron chi connectivity index (χ4n) is 8.21. The Bertz CT molecular complexity index is 3240. The molecular weight excluding hydrogens is 655 g/mol. The van der Waals surface area contributed by atoms with E-state index in [1.54, 1.807) is 0 Å². The number of hydrogen-bond acceptors (Lipinski definition) is 3. The van der Waals surface area contributed by atoms with Crippen LogP contribution in [0.15, 0.2) is 188 Å². The monoisotopic (exact) mass is 685 g/mol. The Morgan fingerprint density at radius 2 is 0.833 bits per heavy atom. The molecule has 54 heavy (non-hydrogen) atoms. The second kappa shape index (κ2) is 12.2. The van der Waals surface area contributed by atoms with Crippen molar-refractivity contribution in [1.82, 2.24) is 15.0 Å². The Kier molecular flexibility index (Phi) is 6.86. The number of para-hydroxylation sites is 1. The molecule has 3 heterocycles. The Balaban J connectivity index is 1.02. The third-order valence-corrected chi connectivity index (χ3v) is 10.8. The summed E-state index contributed by atoms with van der Waals surface area (Å²) in [6.45, 7) is 0. The standard InChI is InChI=1S/C51H31N3/c1-2-11-34(12-3-1)45-30-25-36-22-23-37-26-31-47(54-51(37)50(36)52-45)42-29-28-38(40-14-6-7-15-41(40)42)33-18-20-35(21-19-33)49-44-27-24-32-10-4-5-13-39(32)48(44)43-16-8-9-17-46(43)53-49/h1-31H. The fraction of sp³-hybridized carbons (Fsp3) is 0. The molecule has 0 N–H and O–H groups in total. The molecule has 3 heteroatoms. The summed E-state index contributed by atoms with van der Waals surface area (Å²) >= 11 is 0. The Labute approximate surface area is 311 Å². The number of hydrogen-bond donors (Lipinski definition) is 0. The van der Waals surface area contributed by atoms with Gasteiger partial charge in [-0.3, -0.25) is 0 Å². The van der Waals surface area contributed by atoms with E-state index in [1.165, 1.54) is 32.5 Å². The highest BCUT2D eigenvalue weighted by Crippen LogP contribution is 2.40. The van der Waals surface area contributed by atoms with Crippen LogP contribution in [0.5, 0.6) is 0 Å². The van der Waals surface area contributed by atoms with E-state index in [0.29, 0.717) is 0 Å². The second-order valence-electron chi connectivity index (χ2n) is 13.9. The maximum atomic E-state index is 5.30. The number of rotatable bonds is 4. The molecule has 3 nitrogen and oxygen atoms in total. The largest absolute Gasteiger partial charge is 0.247 e. The summed E-state index contributed by atoms with van der Waals surface area (Å²) in [5.74, 6) is 0. The zero-order valence-electron chi connectivity index (χ0n) is 29.2. The molecule has 0 bridgehead atoms. The lowest BCUT2D eigenvalue weighted by Crippen LogP contribution is -1.92. The van der Waals surface area contributed by atoms with Crippen molar-refractivity contribution in [2.75, 3.05) is 0 Å². The number of pyridine rings is 3. The molecule has 0 unspecified atom stereocenters. The highest BCUT2D eigenvalue weighted by molar-refractivity contribution is 6.22. The van der Waals surface area contributed by atoms with Gasteiger partial charge in [-0.1, -0.05) is 170 Å². The molecule has 8 aromatic carbocycles. The summed E-state index contributed by atoms with van der Waals surface area (Å²) in [4.78, 5) is 15.7. The van der Waals surface area contributed by atoms with Crippen LogP contribution in [-0.2, 0) is 0 Å². The van der Waals surface area contributed by atoms with Gasteiger partial charge in [-0.15, -0.1) is 0 Å².